The van der Waals surface area contributed by atoms with Crippen LogP contribution in [0.15, 0.2) is 48.8 Å². The van der Waals surface area contributed by atoms with Gasteiger partial charge in [0.2, 0.25) is 0 Å². The highest BCUT2D eigenvalue weighted by Crippen LogP contribution is 2.14. The van der Waals surface area contributed by atoms with E-state index in [1.165, 1.54) is 5.56 Å². The summed E-state index contributed by atoms with van der Waals surface area (Å²) in [6, 6.07) is 10.9. The monoisotopic (exact) mass is 243 g/mol. The van der Waals surface area contributed by atoms with E-state index in [0.717, 1.165) is 18.5 Å². The maximum absolute atomic E-state index is 10.5. The normalized spacial score (nSPS) is 10.3. The van der Waals surface area contributed by atoms with Crippen molar-refractivity contribution in [3.05, 3.63) is 70.0 Å². The number of nitro benzene ring substituents is 1. The summed E-state index contributed by atoms with van der Waals surface area (Å²) in [6.45, 7) is 3.05. The zero-order valence-corrected chi connectivity index (χ0v) is 10.2. The minimum atomic E-state index is -0.379. The molecule has 0 N–H and O–H groups in total. The molecule has 1 aromatic heterocycles. The standard InChI is InChI=1S/C14H15N2O2/c1-2-15-9-7-13(8-10-15)11-12-3-5-14(6-4-12)16(17)18/h3-10H,2,11H2,1H3/q+1. The summed E-state index contributed by atoms with van der Waals surface area (Å²) in [7, 11) is 0. The smallest absolute Gasteiger partial charge is 0.258 e. The molecule has 0 fully saturated rings. The maximum Gasteiger partial charge on any atom is 0.269 e. The maximum atomic E-state index is 10.5. The van der Waals surface area contributed by atoms with Crippen molar-refractivity contribution < 1.29 is 9.49 Å². The van der Waals surface area contributed by atoms with Gasteiger partial charge in [0.15, 0.2) is 12.4 Å². The summed E-state index contributed by atoms with van der Waals surface area (Å²) in [6.07, 6.45) is 4.88. The molecule has 2 aromatic rings. The molecule has 2 rings (SSSR count). The van der Waals surface area contributed by atoms with Crippen molar-refractivity contribution in [3.63, 3.8) is 0 Å². The molecule has 0 aliphatic rings. The lowest BCUT2D eigenvalue weighted by Crippen LogP contribution is -2.30. The second-order valence-corrected chi connectivity index (χ2v) is 4.14. The van der Waals surface area contributed by atoms with E-state index >= 15 is 0 Å². The zero-order valence-electron chi connectivity index (χ0n) is 10.2. The quantitative estimate of drug-likeness (QED) is 0.470. The van der Waals surface area contributed by atoms with Crippen LogP contribution in [0, 0.1) is 10.1 Å². The first-order valence-electron chi connectivity index (χ1n) is 5.90. The van der Waals surface area contributed by atoms with Crippen LogP contribution < -0.4 is 4.57 Å². The van der Waals surface area contributed by atoms with E-state index in [4.69, 9.17) is 0 Å². The first kappa shape index (κ1) is 12.2. The summed E-state index contributed by atoms with van der Waals surface area (Å²) in [5.74, 6) is 0. The Hall–Kier alpha value is -2.23. The number of benzene rings is 1. The van der Waals surface area contributed by atoms with Gasteiger partial charge in [0.1, 0.15) is 6.54 Å². The number of rotatable bonds is 4. The van der Waals surface area contributed by atoms with E-state index < -0.39 is 0 Å². The Balaban J connectivity index is 2.10. The highest BCUT2D eigenvalue weighted by Gasteiger charge is 2.05. The van der Waals surface area contributed by atoms with E-state index in [1.54, 1.807) is 24.3 Å². The van der Waals surface area contributed by atoms with Crippen LogP contribution in [0.4, 0.5) is 5.69 Å². The third kappa shape index (κ3) is 2.91. The van der Waals surface area contributed by atoms with Crippen molar-refractivity contribution in [2.45, 2.75) is 19.9 Å². The molecular formula is C14H15N2O2+. The first-order valence-corrected chi connectivity index (χ1v) is 5.90. The first-order chi connectivity index (χ1) is 8.69. The van der Waals surface area contributed by atoms with Gasteiger partial charge in [-0.25, -0.2) is 4.57 Å². The van der Waals surface area contributed by atoms with Crippen molar-refractivity contribution in [3.8, 4) is 0 Å². The van der Waals surface area contributed by atoms with Gasteiger partial charge < -0.3 is 0 Å². The third-order valence-electron chi connectivity index (χ3n) is 2.88. The van der Waals surface area contributed by atoms with Crippen LogP contribution >= 0.6 is 0 Å². The fourth-order valence-electron chi connectivity index (χ4n) is 1.79. The summed E-state index contributed by atoms with van der Waals surface area (Å²) >= 11 is 0. The number of hydrogen-bond donors (Lipinski definition) is 0. The number of hydrogen-bond acceptors (Lipinski definition) is 2. The van der Waals surface area contributed by atoms with E-state index in [0.29, 0.717) is 0 Å². The fourth-order valence-corrected chi connectivity index (χ4v) is 1.79. The van der Waals surface area contributed by atoms with Crippen molar-refractivity contribution >= 4 is 5.69 Å². The topological polar surface area (TPSA) is 47.0 Å². The van der Waals surface area contributed by atoms with Gasteiger partial charge in [0.05, 0.1) is 4.92 Å². The second-order valence-electron chi connectivity index (χ2n) is 4.14. The van der Waals surface area contributed by atoms with Crippen LogP contribution in [0.25, 0.3) is 0 Å². The molecule has 0 bridgehead atoms. The molecule has 1 heterocycles. The molecule has 0 spiro atoms. The largest absolute Gasteiger partial charge is 0.269 e. The van der Waals surface area contributed by atoms with Gasteiger partial charge in [-0.2, -0.15) is 0 Å². The van der Waals surface area contributed by atoms with Crippen molar-refractivity contribution in [1.82, 2.24) is 0 Å². The molecule has 0 amide bonds. The van der Waals surface area contributed by atoms with Gasteiger partial charge in [0.25, 0.3) is 5.69 Å². The minimum Gasteiger partial charge on any atom is -0.258 e. The predicted octanol–water partition coefficient (Wildman–Crippen LogP) is 2.49. The highest BCUT2D eigenvalue weighted by molar-refractivity contribution is 5.34. The fraction of sp³-hybridized carbons (Fsp3) is 0.214. The van der Waals surface area contributed by atoms with E-state index in [2.05, 4.69) is 23.6 Å². The number of nitro groups is 1. The molecule has 4 heteroatoms. The lowest BCUT2D eigenvalue weighted by molar-refractivity contribution is -0.693. The SMILES string of the molecule is CC[n+]1ccc(Cc2ccc([N+](=O)[O-])cc2)cc1. The minimum absolute atomic E-state index is 0.135. The summed E-state index contributed by atoms with van der Waals surface area (Å²) in [4.78, 5) is 10.2. The van der Waals surface area contributed by atoms with Crippen molar-refractivity contribution in [1.29, 1.82) is 0 Å². The average Bonchev–Trinajstić information content (AvgIpc) is 2.40. The third-order valence-corrected chi connectivity index (χ3v) is 2.88. The Kier molecular flexibility index (Phi) is 3.67. The van der Waals surface area contributed by atoms with E-state index in [-0.39, 0.29) is 10.6 Å². The second kappa shape index (κ2) is 5.40. The van der Waals surface area contributed by atoms with Gasteiger partial charge in [0, 0.05) is 24.3 Å². The van der Waals surface area contributed by atoms with Gasteiger partial charge in [-0.05, 0) is 24.5 Å². The van der Waals surface area contributed by atoms with Gasteiger partial charge in [-0.3, -0.25) is 10.1 Å². The number of non-ortho nitro benzene ring substituents is 1. The summed E-state index contributed by atoms with van der Waals surface area (Å²) in [5.41, 5.74) is 2.42. The molecule has 0 aliphatic carbocycles. The lowest BCUT2D eigenvalue weighted by atomic mass is 10.1. The molecule has 4 nitrogen and oxygen atoms in total. The Labute approximate surface area is 106 Å². The molecule has 0 aliphatic heterocycles. The summed E-state index contributed by atoms with van der Waals surface area (Å²) < 4.78 is 2.10. The Morgan fingerprint density at radius 1 is 1.06 bits per heavy atom. The number of aromatic nitrogens is 1. The zero-order chi connectivity index (χ0) is 13.0. The molecule has 0 saturated heterocycles. The number of pyridine rings is 1. The van der Waals surface area contributed by atoms with Crippen molar-refractivity contribution in [2.24, 2.45) is 0 Å². The summed E-state index contributed by atoms with van der Waals surface area (Å²) in [5, 5.41) is 10.5. The van der Waals surface area contributed by atoms with Crippen LogP contribution in [0.3, 0.4) is 0 Å². The molecule has 0 atom stereocenters. The van der Waals surface area contributed by atoms with Crippen LogP contribution in [0.1, 0.15) is 18.1 Å². The average molecular weight is 243 g/mol. The van der Waals surface area contributed by atoms with E-state index in [9.17, 15) is 10.1 Å². The van der Waals surface area contributed by atoms with Crippen molar-refractivity contribution in [2.75, 3.05) is 0 Å². The number of aryl methyl sites for hydroxylation is 1. The van der Waals surface area contributed by atoms with Gasteiger partial charge in [-0.15, -0.1) is 0 Å². The molecule has 92 valence electrons. The molecule has 0 radical (unpaired) electrons. The number of nitrogens with zero attached hydrogens (tertiary/aromatic N) is 2. The van der Waals surface area contributed by atoms with Crippen LogP contribution in [0.2, 0.25) is 0 Å². The predicted molar refractivity (Wildman–Crippen MR) is 68.2 cm³/mol. The lowest BCUT2D eigenvalue weighted by Gasteiger charge is -2.01. The Morgan fingerprint density at radius 2 is 1.61 bits per heavy atom. The van der Waals surface area contributed by atoms with Gasteiger partial charge in [-0.1, -0.05) is 12.1 Å². The van der Waals surface area contributed by atoms with Crippen LogP contribution in [0.5, 0.6) is 0 Å². The molecule has 0 saturated carbocycles. The Morgan fingerprint density at radius 3 is 2.11 bits per heavy atom. The molecular weight excluding hydrogens is 228 g/mol. The highest BCUT2D eigenvalue weighted by atomic mass is 16.6. The van der Waals surface area contributed by atoms with Gasteiger partial charge >= 0.3 is 0 Å². The molecule has 0 unspecified atom stereocenters. The molecule has 1 aromatic carbocycles. The molecule has 18 heavy (non-hydrogen) atoms. The Bertz CT molecular complexity index is 533. The van der Waals surface area contributed by atoms with Crippen LogP contribution in [-0.4, -0.2) is 4.92 Å². The van der Waals surface area contributed by atoms with E-state index in [1.807, 2.05) is 12.4 Å². The van der Waals surface area contributed by atoms with Crippen LogP contribution in [-0.2, 0) is 13.0 Å².